The molecule has 0 radical (unpaired) electrons. The summed E-state index contributed by atoms with van der Waals surface area (Å²) in [5.41, 5.74) is 7.52. The van der Waals surface area contributed by atoms with Gasteiger partial charge in [-0.25, -0.2) is 0 Å². The Labute approximate surface area is 181 Å². The summed E-state index contributed by atoms with van der Waals surface area (Å²) < 4.78 is 1.75. The van der Waals surface area contributed by atoms with Crippen molar-refractivity contribution in [3.63, 3.8) is 0 Å². The highest BCUT2D eigenvalue weighted by Crippen LogP contribution is 2.43. The smallest absolute Gasteiger partial charge is 0.226 e. The molecule has 0 saturated carbocycles. The molecule has 0 unspecified atom stereocenters. The first-order valence-electron chi connectivity index (χ1n) is 10.6. The zero-order chi connectivity index (χ0) is 21.5. The standard InChI is InChI=1S/C24H24N6O/c1-15-9-23(31)28-20-6-3-7-21(24(20)27-15)30-8-4-5-16-10-19(17(12-25)11-22(16)30)18-13-26-29(2)14-18/h3,6-7,10-11,13-15,27H,4-5,8-9H2,1-2H3,(H,28,31)/t15-/m1/s1. The monoisotopic (exact) mass is 412 g/mol. The second kappa shape index (κ2) is 7.47. The van der Waals surface area contributed by atoms with E-state index in [9.17, 15) is 10.1 Å². The SMILES string of the molecule is C[C@@H]1CC(=O)Nc2cccc(N3CCCc4cc(-c5cnn(C)c5)c(C#N)cc43)c2N1. The molecule has 156 valence electrons. The predicted molar refractivity (Wildman–Crippen MR) is 121 cm³/mol. The number of rotatable bonds is 2. The first kappa shape index (κ1) is 19.2. The molecule has 1 amide bonds. The van der Waals surface area contributed by atoms with E-state index in [1.54, 1.807) is 10.9 Å². The minimum absolute atomic E-state index is 0.0165. The van der Waals surface area contributed by atoms with Gasteiger partial charge in [-0.05, 0) is 49.6 Å². The Morgan fingerprint density at radius 1 is 1.26 bits per heavy atom. The maximum absolute atomic E-state index is 12.2. The molecular formula is C24H24N6O. The van der Waals surface area contributed by atoms with Gasteiger partial charge in [0.05, 0.1) is 34.9 Å². The van der Waals surface area contributed by atoms with Gasteiger partial charge in [0, 0.05) is 49.1 Å². The van der Waals surface area contributed by atoms with Crippen LogP contribution in [0.15, 0.2) is 42.7 Å². The molecule has 0 bridgehead atoms. The molecular weight excluding hydrogens is 388 g/mol. The predicted octanol–water partition coefficient (Wildman–Crippen LogP) is 4.19. The second-order valence-corrected chi connectivity index (χ2v) is 8.29. The van der Waals surface area contributed by atoms with Crippen molar-refractivity contribution in [3.05, 3.63) is 53.9 Å². The summed E-state index contributed by atoms with van der Waals surface area (Å²) in [6.07, 6.45) is 6.14. The lowest BCUT2D eigenvalue weighted by molar-refractivity contribution is -0.116. The van der Waals surface area contributed by atoms with Gasteiger partial charge in [-0.1, -0.05) is 6.07 Å². The Hall–Kier alpha value is -3.79. The number of benzene rings is 2. The summed E-state index contributed by atoms with van der Waals surface area (Å²) in [5.74, 6) is 0.0165. The van der Waals surface area contributed by atoms with Crippen molar-refractivity contribution in [2.45, 2.75) is 32.2 Å². The van der Waals surface area contributed by atoms with Crippen LogP contribution in [0.1, 0.15) is 30.9 Å². The number of carbonyl (C=O) groups is 1. The molecule has 31 heavy (non-hydrogen) atoms. The Bertz CT molecular complexity index is 1220. The number of carbonyl (C=O) groups excluding carboxylic acids is 1. The van der Waals surface area contributed by atoms with Gasteiger partial charge in [0.2, 0.25) is 5.91 Å². The molecule has 2 aliphatic rings. The van der Waals surface area contributed by atoms with Crippen LogP contribution in [-0.4, -0.2) is 28.3 Å². The second-order valence-electron chi connectivity index (χ2n) is 8.29. The van der Waals surface area contributed by atoms with Gasteiger partial charge in [0.25, 0.3) is 0 Å². The van der Waals surface area contributed by atoms with Gasteiger partial charge in [-0.2, -0.15) is 10.4 Å². The van der Waals surface area contributed by atoms with Gasteiger partial charge < -0.3 is 15.5 Å². The fourth-order valence-electron chi connectivity index (χ4n) is 4.57. The minimum Gasteiger partial charge on any atom is -0.379 e. The van der Waals surface area contributed by atoms with E-state index in [0.717, 1.165) is 53.3 Å². The molecule has 1 atom stereocenters. The van der Waals surface area contributed by atoms with E-state index >= 15 is 0 Å². The molecule has 7 heteroatoms. The van der Waals surface area contributed by atoms with Crippen LogP contribution in [-0.2, 0) is 18.3 Å². The summed E-state index contributed by atoms with van der Waals surface area (Å²) in [7, 11) is 1.88. The Balaban J connectivity index is 1.63. The van der Waals surface area contributed by atoms with Crippen LogP contribution >= 0.6 is 0 Å². The van der Waals surface area contributed by atoms with Gasteiger partial charge >= 0.3 is 0 Å². The van der Waals surface area contributed by atoms with Gasteiger partial charge in [-0.15, -0.1) is 0 Å². The molecule has 3 heterocycles. The van der Waals surface area contributed by atoms with Gasteiger partial charge in [0.15, 0.2) is 0 Å². The number of fused-ring (bicyclic) bond motifs is 2. The normalized spacial score (nSPS) is 17.6. The molecule has 0 aliphatic carbocycles. The third-order valence-corrected chi connectivity index (χ3v) is 5.96. The number of amides is 1. The Morgan fingerprint density at radius 2 is 2.13 bits per heavy atom. The molecule has 2 aromatic carbocycles. The van der Waals surface area contributed by atoms with Crippen molar-refractivity contribution in [1.82, 2.24) is 9.78 Å². The van der Waals surface area contributed by atoms with Crippen LogP contribution in [0.2, 0.25) is 0 Å². The number of nitriles is 1. The average molecular weight is 412 g/mol. The molecule has 2 aliphatic heterocycles. The van der Waals surface area contributed by atoms with Crippen molar-refractivity contribution in [1.29, 1.82) is 5.26 Å². The van der Waals surface area contributed by atoms with Crippen molar-refractivity contribution in [2.75, 3.05) is 22.1 Å². The van der Waals surface area contributed by atoms with Crippen LogP contribution in [0, 0.1) is 11.3 Å². The number of nitrogens with one attached hydrogen (secondary N) is 2. The highest BCUT2D eigenvalue weighted by molar-refractivity contribution is 6.00. The number of hydrogen-bond acceptors (Lipinski definition) is 5. The lowest BCUT2D eigenvalue weighted by atomic mass is 9.93. The van der Waals surface area contributed by atoms with Crippen LogP contribution in [0.3, 0.4) is 0 Å². The number of nitrogens with zero attached hydrogens (tertiary/aromatic N) is 4. The average Bonchev–Trinajstić information content (AvgIpc) is 3.12. The molecule has 0 saturated heterocycles. The van der Waals surface area contributed by atoms with E-state index in [-0.39, 0.29) is 11.9 Å². The fraction of sp³-hybridized carbons (Fsp3) is 0.292. The van der Waals surface area contributed by atoms with Crippen LogP contribution in [0.5, 0.6) is 0 Å². The number of aryl methyl sites for hydroxylation is 2. The van der Waals surface area contributed by atoms with Crippen molar-refractivity contribution in [3.8, 4) is 17.2 Å². The molecule has 5 rings (SSSR count). The van der Waals surface area contributed by atoms with E-state index in [1.807, 2.05) is 38.4 Å². The first-order valence-corrected chi connectivity index (χ1v) is 10.6. The van der Waals surface area contributed by atoms with Crippen LogP contribution < -0.4 is 15.5 Å². The maximum Gasteiger partial charge on any atom is 0.226 e. The first-order chi connectivity index (χ1) is 15.0. The Kier molecular flexibility index (Phi) is 4.63. The largest absolute Gasteiger partial charge is 0.379 e. The number of anilines is 4. The third-order valence-electron chi connectivity index (χ3n) is 5.96. The number of para-hydroxylation sites is 1. The van der Waals surface area contributed by atoms with E-state index < -0.39 is 0 Å². The lowest BCUT2D eigenvalue weighted by Crippen LogP contribution is -2.26. The maximum atomic E-state index is 12.2. The summed E-state index contributed by atoms with van der Waals surface area (Å²) >= 11 is 0. The topological polar surface area (TPSA) is 86.0 Å². The van der Waals surface area contributed by atoms with Gasteiger partial charge in [0.1, 0.15) is 0 Å². The lowest BCUT2D eigenvalue weighted by Gasteiger charge is -2.34. The number of aromatic nitrogens is 2. The third kappa shape index (κ3) is 3.40. The zero-order valence-electron chi connectivity index (χ0n) is 17.6. The quantitative estimate of drug-likeness (QED) is 0.659. The van der Waals surface area contributed by atoms with Crippen molar-refractivity contribution in [2.24, 2.45) is 7.05 Å². The van der Waals surface area contributed by atoms with Crippen LogP contribution in [0.25, 0.3) is 11.1 Å². The van der Waals surface area contributed by atoms with Crippen molar-refractivity contribution < 1.29 is 4.79 Å². The van der Waals surface area contributed by atoms with Crippen molar-refractivity contribution >= 4 is 28.7 Å². The van der Waals surface area contributed by atoms with E-state index in [4.69, 9.17) is 0 Å². The number of hydrogen-bond donors (Lipinski definition) is 2. The molecule has 1 aromatic heterocycles. The fourth-order valence-corrected chi connectivity index (χ4v) is 4.57. The van der Waals surface area contributed by atoms with E-state index in [0.29, 0.717) is 12.0 Å². The molecule has 2 N–H and O–H groups in total. The molecule has 3 aromatic rings. The van der Waals surface area contributed by atoms with Crippen LogP contribution in [0.4, 0.5) is 22.7 Å². The van der Waals surface area contributed by atoms with E-state index in [2.05, 4.69) is 38.8 Å². The highest BCUT2D eigenvalue weighted by atomic mass is 16.1. The summed E-state index contributed by atoms with van der Waals surface area (Å²) in [5, 5.41) is 20.7. The minimum atomic E-state index is 0.0165. The summed E-state index contributed by atoms with van der Waals surface area (Å²) in [4.78, 5) is 14.5. The molecule has 7 nitrogen and oxygen atoms in total. The summed E-state index contributed by atoms with van der Waals surface area (Å²) in [6, 6.07) is 12.5. The van der Waals surface area contributed by atoms with E-state index in [1.165, 1.54) is 5.56 Å². The zero-order valence-corrected chi connectivity index (χ0v) is 17.6. The Morgan fingerprint density at radius 3 is 2.90 bits per heavy atom. The molecule has 0 fully saturated rings. The van der Waals surface area contributed by atoms with Gasteiger partial charge in [-0.3, -0.25) is 9.48 Å². The molecule has 0 spiro atoms. The highest BCUT2D eigenvalue weighted by Gasteiger charge is 2.26. The summed E-state index contributed by atoms with van der Waals surface area (Å²) in [6.45, 7) is 2.87.